The summed E-state index contributed by atoms with van der Waals surface area (Å²) in [4.78, 5) is 10.1. The molecule has 0 atom stereocenters. The summed E-state index contributed by atoms with van der Waals surface area (Å²) in [5.74, 6) is 0.402. The summed E-state index contributed by atoms with van der Waals surface area (Å²) in [6.07, 6.45) is 1.52. The molecule has 18 heavy (non-hydrogen) atoms. The molecule has 2 rings (SSSR count). The first-order valence-corrected chi connectivity index (χ1v) is 5.88. The first-order valence-electron chi connectivity index (χ1n) is 5.50. The predicted octanol–water partition coefficient (Wildman–Crippen LogP) is 3.21. The van der Waals surface area contributed by atoms with E-state index >= 15 is 0 Å². The maximum Gasteiger partial charge on any atom is 0.142 e. The van der Waals surface area contributed by atoms with Crippen LogP contribution >= 0.6 is 11.6 Å². The third-order valence-electron chi connectivity index (χ3n) is 2.58. The van der Waals surface area contributed by atoms with Crippen LogP contribution in [0, 0.1) is 12.7 Å². The van der Waals surface area contributed by atoms with Crippen molar-refractivity contribution in [3.63, 3.8) is 0 Å². The highest BCUT2D eigenvalue weighted by atomic mass is 35.5. The van der Waals surface area contributed by atoms with E-state index in [1.807, 2.05) is 24.9 Å². The van der Waals surface area contributed by atoms with Gasteiger partial charge in [-0.05, 0) is 24.6 Å². The van der Waals surface area contributed by atoms with E-state index in [0.717, 1.165) is 17.1 Å². The van der Waals surface area contributed by atoms with Crippen LogP contribution < -0.4 is 4.90 Å². The van der Waals surface area contributed by atoms with E-state index in [2.05, 4.69) is 9.97 Å². The second-order valence-corrected chi connectivity index (χ2v) is 4.53. The fourth-order valence-corrected chi connectivity index (χ4v) is 1.76. The molecule has 0 spiro atoms. The number of hydrogen-bond donors (Lipinski definition) is 0. The molecule has 2 aromatic rings. The van der Waals surface area contributed by atoms with E-state index in [1.54, 1.807) is 12.1 Å². The van der Waals surface area contributed by atoms with E-state index in [-0.39, 0.29) is 5.02 Å². The molecule has 0 amide bonds. The van der Waals surface area contributed by atoms with Gasteiger partial charge in [-0.1, -0.05) is 17.7 Å². The fourth-order valence-electron chi connectivity index (χ4n) is 1.64. The Kier molecular flexibility index (Phi) is 3.77. The van der Waals surface area contributed by atoms with E-state index in [4.69, 9.17) is 11.6 Å². The number of hydrogen-bond acceptors (Lipinski definition) is 3. The Morgan fingerprint density at radius 1 is 1.28 bits per heavy atom. The molecular formula is C13H13ClFN3. The molecule has 1 aromatic carbocycles. The van der Waals surface area contributed by atoms with Gasteiger partial charge in [0.2, 0.25) is 0 Å². The smallest absolute Gasteiger partial charge is 0.142 e. The van der Waals surface area contributed by atoms with Crippen molar-refractivity contribution in [1.29, 1.82) is 0 Å². The van der Waals surface area contributed by atoms with Crippen LogP contribution in [0.5, 0.6) is 0 Å². The predicted molar refractivity (Wildman–Crippen MR) is 70.3 cm³/mol. The molecule has 0 aliphatic carbocycles. The van der Waals surface area contributed by atoms with Gasteiger partial charge in [-0.3, -0.25) is 0 Å². The largest absolute Gasteiger partial charge is 0.355 e. The van der Waals surface area contributed by atoms with Crippen molar-refractivity contribution in [2.24, 2.45) is 0 Å². The quantitative estimate of drug-likeness (QED) is 0.853. The summed E-state index contributed by atoms with van der Waals surface area (Å²) in [6, 6.07) is 6.68. The Balaban J connectivity index is 2.16. The number of benzene rings is 1. The van der Waals surface area contributed by atoms with Crippen LogP contribution in [-0.4, -0.2) is 17.0 Å². The summed E-state index contributed by atoms with van der Waals surface area (Å²) in [5.41, 5.74) is 1.74. The minimum Gasteiger partial charge on any atom is -0.355 e. The number of rotatable bonds is 3. The third kappa shape index (κ3) is 2.96. The van der Waals surface area contributed by atoms with Gasteiger partial charge in [-0.15, -0.1) is 0 Å². The molecule has 0 aliphatic rings. The molecule has 1 heterocycles. The van der Waals surface area contributed by atoms with Crippen LogP contribution in [0.25, 0.3) is 0 Å². The van der Waals surface area contributed by atoms with Gasteiger partial charge in [0.15, 0.2) is 0 Å². The van der Waals surface area contributed by atoms with Crippen LogP contribution in [-0.2, 0) is 6.54 Å². The lowest BCUT2D eigenvalue weighted by molar-refractivity contribution is 0.625. The zero-order valence-electron chi connectivity index (χ0n) is 10.2. The lowest BCUT2D eigenvalue weighted by atomic mass is 10.2. The summed E-state index contributed by atoms with van der Waals surface area (Å²) in [7, 11) is 1.90. The van der Waals surface area contributed by atoms with Crippen molar-refractivity contribution in [2.45, 2.75) is 13.5 Å². The molecule has 0 aliphatic heterocycles. The highest BCUT2D eigenvalue weighted by molar-refractivity contribution is 6.30. The van der Waals surface area contributed by atoms with Gasteiger partial charge in [0.05, 0.1) is 5.02 Å². The second kappa shape index (κ2) is 5.31. The zero-order valence-corrected chi connectivity index (χ0v) is 10.9. The molecule has 0 unspecified atom stereocenters. The minimum atomic E-state index is -0.401. The van der Waals surface area contributed by atoms with Gasteiger partial charge in [-0.25, -0.2) is 14.4 Å². The van der Waals surface area contributed by atoms with Gasteiger partial charge >= 0.3 is 0 Å². The SMILES string of the molecule is Cc1cc(N(C)Cc2ccc(Cl)c(F)c2)ncn1. The molecule has 0 fully saturated rings. The highest BCUT2D eigenvalue weighted by Gasteiger charge is 2.06. The van der Waals surface area contributed by atoms with Crippen LogP contribution in [0.3, 0.4) is 0 Å². The Morgan fingerprint density at radius 3 is 2.72 bits per heavy atom. The molecule has 0 saturated heterocycles. The van der Waals surface area contributed by atoms with Crippen molar-refractivity contribution >= 4 is 17.4 Å². The van der Waals surface area contributed by atoms with E-state index in [0.29, 0.717) is 6.54 Å². The van der Waals surface area contributed by atoms with Crippen LogP contribution in [0.1, 0.15) is 11.3 Å². The number of nitrogens with zero attached hydrogens (tertiary/aromatic N) is 3. The van der Waals surface area contributed by atoms with E-state index in [1.165, 1.54) is 12.4 Å². The second-order valence-electron chi connectivity index (χ2n) is 4.12. The molecule has 94 valence electrons. The normalized spacial score (nSPS) is 10.4. The van der Waals surface area contributed by atoms with E-state index < -0.39 is 5.82 Å². The summed E-state index contributed by atoms with van der Waals surface area (Å²) < 4.78 is 13.3. The maximum atomic E-state index is 13.3. The molecular weight excluding hydrogens is 253 g/mol. The summed E-state index contributed by atoms with van der Waals surface area (Å²) in [6.45, 7) is 2.46. The molecule has 0 N–H and O–H groups in total. The average molecular weight is 266 g/mol. The van der Waals surface area contributed by atoms with Gasteiger partial charge in [0, 0.05) is 25.4 Å². The zero-order chi connectivity index (χ0) is 13.1. The van der Waals surface area contributed by atoms with Crippen molar-refractivity contribution < 1.29 is 4.39 Å². The molecule has 5 heteroatoms. The first-order chi connectivity index (χ1) is 8.56. The Hall–Kier alpha value is -1.68. The lowest BCUT2D eigenvalue weighted by Crippen LogP contribution is -2.18. The first kappa shape index (κ1) is 12.8. The Morgan fingerprint density at radius 2 is 2.06 bits per heavy atom. The van der Waals surface area contributed by atoms with Gasteiger partial charge < -0.3 is 4.90 Å². The molecule has 1 aromatic heterocycles. The number of halogens is 2. The van der Waals surface area contributed by atoms with Crippen LogP contribution in [0.4, 0.5) is 10.2 Å². The van der Waals surface area contributed by atoms with Gasteiger partial charge in [-0.2, -0.15) is 0 Å². The Bertz CT molecular complexity index is 560. The third-order valence-corrected chi connectivity index (χ3v) is 2.89. The van der Waals surface area contributed by atoms with Crippen molar-refractivity contribution in [3.8, 4) is 0 Å². The monoisotopic (exact) mass is 265 g/mol. The molecule has 3 nitrogen and oxygen atoms in total. The Labute approximate surface area is 110 Å². The molecule has 0 radical (unpaired) electrons. The fraction of sp³-hybridized carbons (Fsp3) is 0.231. The van der Waals surface area contributed by atoms with E-state index in [9.17, 15) is 4.39 Å². The lowest BCUT2D eigenvalue weighted by Gasteiger charge is -2.18. The summed E-state index contributed by atoms with van der Waals surface area (Å²) in [5, 5.41) is 0.138. The van der Waals surface area contributed by atoms with Crippen molar-refractivity contribution in [3.05, 3.63) is 52.7 Å². The maximum absolute atomic E-state index is 13.3. The summed E-state index contributed by atoms with van der Waals surface area (Å²) >= 11 is 5.65. The average Bonchev–Trinajstić information content (AvgIpc) is 2.34. The van der Waals surface area contributed by atoms with Crippen molar-refractivity contribution in [1.82, 2.24) is 9.97 Å². The number of aromatic nitrogens is 2. The minimum absolute atomic E-state index is 0.138. The standard InChI is InChI=1S/C13H13ClFN3/c1-9-5-13(17-8-16-9)18(2)7-10-3-4-11(14)12(15)6-10/h3-6,8H,7H2,1-2H3. The molecule has 0 saturated carbocycles. The van der Waals surface area contributed by atoms with Crippen molar-refractivity contribution in [2.75, 3.05) is 11.9 Å². The van der Waals surface area contributed by atoms with Crippen LogP contribution in [0.15, 0.2) is 30.6 Å². The van der Waals surface area contributed by atoms with Crippen LogP contribution in [0.2, 0.25) is 5.02 Å². The highest BCUT2D eigenvalue weighted by Crippen LogP contribution is 2.18. The van der Waals surface area contributed by atoms with Gasteiger partial charge in [0.1, 0.15) is 18.0 Å². The number of anilines is 1. The van der Waals surface area contributed by atoms with Gasteiger partial charge in [0.25, 0.3) is 0 Å². The number of aryl methyl sites for hydroxylation is 1. The molecule has 0 bridgehead atoms. The topological polar surface area (TPSA) is 29.0 Å².